The standard InChI is InChI=1S/C25H27N3O8S/c1-4-35-24(30)23-16(2)36-22-10-7-19(15-21(22)23)28(25(31)27-11-13-34-14-12-27)37(32,33)20-8-5-18(6-9-20)26-17(3)29/h5-10,15H,4,11-14H2,1-3H3,(H,26,29). The minimum Gasteiger partial charge on any atom is -0.462 e. The van der Waals surface area contributed by atoms with Gasteiger partial charge in [0.2, 0.25) is 5.91 Å². The van der Waals surface area contributed by atoms with Gasteiger partial charge in [0.25, 0.3) is 10.0 Å². The zero-order chi connectivity index (χ0) is 26.7. The number of esters is 1. The molecule has 0 atom stereocenters. The zero-order valence-electron chi connectivity index (χ0n) is 20.6. The molecule has 196 valence electrons. The molecule has 0 bridgehead atoms. The Bertz CT molecular complexity index is 1440. The summed E-state index contributed by atoms with van der Waals surface area (Å²) in [5, 5.41) is 2.90. The van der Waals surface area contributed by atoms with Crippen molar-refractivity contribution in [2.24, 2.45) is 0 Å². The summed E-state index contributed by atoms with van der Waals surface area (Å²) in [4.78, 5) is 38.8. The molecule has 1 N–H and O–H groups in total. The number of carbonyl (C=O) groups is 3. The summed E-state index contributed by atoms with van der Waals surface area (Å²) < 4.78 is 44.6. The number of amides is 3. The SMILES string of the molecule is CCOC(=O)c1c(C)oc2ccc(N(C(=O)N3CCOCC3)S(=O)(=O)c3ccc(NC(C)=O)cc3)cc12. The van der Waals surface area contributed by atoms with Gasteiger partial charge in [0.1, 0.15) is 16.9 Å². The number of urea groups is 1. The number of anilines is 2. The fourth-order valence-electron chi connectivity index (χ4n) is 4.05. The predicted molar refractivity (Wildman–Crippen MR) is 135 cm³/mol. The van der Waals surface area contributed by atoms with Crippen molar-refractivity contribution in [1.82, 2.24) is 4.90 Å². The topological polar surface area (TPSA) is 135 Å². The number of hydrogen-bond acceptors (Lipinski definition) is 8. The minimum absolute atomic E-state index is 0.0290. The molecule has 0 unspecified atom stereocenters. The van der Waals surface area contributed by atoms with Crippen LogP contribution in [0.5, 0.6) is 0 Å². The van der Waals surface area contributed by atoms with Crippen LogP contribution in [-0.4, -0.2) is 64.1 Å². The Balaban J connectivity index is 1.83. The third kappa shape index (κ3) is 5.30. The van der Waals surface area contributed by atoms with Crippen molar-refractivity contribution in [2.45, 2.75) is 25.7 Å². The summed E-state index contributed by atoms with van der Waals surface area (Å²) in [6.45, 7) is 5.75. The van der Waals surface area contributed by atoms with Gasteiger partial charge in [-0.05, 0) is 56.3 Å². The first-order valence-corrected chi connectivity index (χ1v) is 13.1. The van der Waals surface area contributed by atoms with Gasteiger partial charge in [-0.2, -0.15) is 4.31 Å². The lowest BCUT2D eigenvalue weighted by Crippen LogP contribution is -2.50. The lowest BCUT2D eigenvalue weighted by molar-refractivity contribution is -0.114. The van der Waals surface area contributed by atoms with Crippen LogP contribution in [0.2, 0.25) is 0 Å². The van der Waals surface area contributed by atoms with E-state index in [-0.39, 0.29) is 55.0 Å². The molecule has 1 aliphatic heterocycles. The van der Waals surface area contributed by atoms with Crippen molar-refractivity contribution in [1.29, 1.82) is 0 Å². The van der Waals surface area contributed by atoms with E-state index in [1.807, 2.05) is 0 Å². The van der Waals surface area contributed by atoms with Gasteiger partial charge in [-0.15, -0.1) is 0 Å². The molecule has 0 radical (unpaired) electrons. The normalized spacial score (nSPS) is 13.9. The number of ether oxygens (including phenoxy) is 2. The quantitative estimate of drug-likeness (QED) is 0.479. The van der Waals surface area contributed by atoms with Crippen LogP contribution >= 0.6 is 0 Å². The molecule has 11 nitrogen and oxygen atoms in total. The van der Waals surface area contributed by atoms with E-state index in [1.165, 1.54) is 54.3 Å². The summed E-state index contributed by atoms with van der Waals surface area (Å²) >= 11 is 0. The van der Waals surface area contributed by atoms with Gasteiger partial charge in [-0.3, -0.25) is 4.79 Å². The van der Waals surface area contributed by atoms with Crippen molar-refractivity contribution >= 4 is 50.3 Å². The van der Waals surface area contributed by atoms with Gasteiger partial charge in [0.05, 0.1) is 30.4 Å². The maximum Gasteiger partial charge on any atom is 0.342 e. The maximum atomic E-state index is 13.9. The van der Waals surface area contributed by atoms with Gasteiger partial charge in [-0.25, -0.2) is 18.0 Å². The Labute approximate surface area is 214 Å². The summed E-state index contributed by atoms with van der Waals surface area (Å²) in [7, 11) is -4.41. The van der Waals surface area contributed by atoms with Crippen molar-refractivity contribution in [3.63, 3.8) is 0 Å². The number of aryl methyl sites for hydroxylation is 1. The van der Waals surface area contributed by atoms with E-state index in [0.717, 1.165) is 0 Å². The molecule has 3 aromatic rings. The van der Waals surface area contributed by atoms with Gasteiger partial charge >= 0.3 is 12.0 Å². The highest BCUT2D eigenvalue weighted by Crippen LogP contribution is 2.33. The van der Waals surface area contributed by atoms with E-state index < -0.39 is 22.0 Å². The molecular formula is C25H27N3O8S. The highest BCUT2D eigenvalue weighted by Gasteiger charge is 2.35. The molecule has 3 amide bonds. The van der Waals surface area contributed by atoms with E-state index in [4.69, 9.17) is 13.9 Å². The second-order valence-electron chi connectivity index (χ2n) is 8.29. The highest BCUT2D eigenvalue weighted by molar-refractivity contribution is 7.93. The average Bonchev–Trinajstić information content (AvgIpc) is 3.19. The molecular weight excluding hydrogens is 502 g/mol. The summed E-state index contributed by atoms with van der Waals surface area (Å²) in [6, 6.07) is 9.12. The Morgan fingerprint density at radius 3 is 2.38 bits per heavy atom. The molecule has 1 aromatic heterocycles. The number of carbonyl (C=O) groups excluding carboxylic acids is 3. The number of morpholine rings is 1. The molecule has 0 spiro atoms. The molecule has 0 saturated carbocycles. The molecule has 1 aliphatic rings. The van der Waals surface area contributed by atoms with Crippen LogP contribution in [0.15, 0.2) is 51.8 Å². The molecule has 1 fully saturated rings. The molecule has 12 heteroatoms. The Morgan fingerprint density at radius 2 is 1.76 bits per heavy atom. The van der Waals surface area contributed by atoms with Crippen molar-refractivity contribution < 1.29 is 36.7 Å². The Kier molecular flexibility index (Phi) is 7.50. The van der Waals surface area contributed by atoms with Crippen LogP contribution in [-0.2, 0) is 24.3 Å². The first kappa shape index (κ1) is 26.2. The van der Waals surface area contributed by atoms with Crippen molar-refractivity contribution in [2.75, 3.05) is 42.5 Å². The van der Waals surface area contributed by atoms with E-state index in [0.29, 0.717) is 26.7 Å². The number of nitrogens with zero attached hydrogens (tertiary/aromatic N) is 2. The van der Waals surface area contributed by atoms with Crippen LogP contribution < -0.4 is 9.62 Å². The number of hydrogen-bond donors (Lipinski definition) is 1. The van der Waals surface area contributed by atoms with E-state index >= 15 is 0 Å². The summed E-state index contributed by atoms with van der Waals surface area (Å²) in [6.07, 6.45) is 0. The molecule has 37 heavy (non-hydrogen) atoms. The summed E-state index contributed by atoms with van der Waals surface area (Å²) in [5.74, 6) is -0.604. The monoisotopic (exact) mass is 529 g/mol. The van der Waals surface area contributed by atoms with Gasteiger partial charge in [-0.1, -0.05) is 0 Å². The van der Waals surface area contributed by atoms with Crippen molar-refractivity contribution in [3.05, 3.63) is 53.8 Å². The second-order valence-corrected chi connectivity index (χ2v) is 10.1. The first-order chi connectivity index (χ1) is 17.6. The maximum absolute atomic E-state index is 13.9. The first-order valence-electron chi connectivity index (χ1n) is 11.6. The van der Waals surface area contributed by atoms with E-state index in [9.17, 15) is 22.8 Å². The lowest BCUT2D eigenvalue weighted by atomic mass is 10.1. The third-order valence-corrected chi connectivity index (χ3v) is 7.45. The van der Waals surface area contributed by atoms with Crippen LogP contribution in [0.4, 0.5) is 16.2 Å². The number of rotatable bonds is 6. The number of nitrogens with one attached hydrogen (secondary N) is 1. The van der Waals surface area contributed by atoms with Gasteiger partial charge < -0.3 is 24.1 Å². The predicted octanol–water partition coefficient (Wildman–Crippen LogP) is 3.52. The second kappa shape index (κ2) is 10.6. The molecule has 4 rings (SSSR count). The number of fused-ring (bicyclic) bond motifs is 1. The molecule has 2 aromatic carbocycles. The van der Waals surface area contributed by atoms with Gasteiger partial charge in [0.15, 0.2) is 0 Å². The third-order valence-electron chi connectivity index (χ3n) is 5.73. The van der Waals surface area contributed by atoms with Gasteiger partial charge in [0, 0.05) is 31.1 Å². The van der Waals surface area contributed by atoms with Crippen LogP contribution in [0.3, 0.4) is 0 Å². The van der Waals surface area contributed by atoms with E-state index in [1.54, 1.807) is 13.8 Å². The molecule has 2 heterocycles. The summed E-state index contributed by atoms with van der Waals surface area (Å²) in [5.41, 5.74) is 0.947. The fourth-order valence-corrected chi connectivity index (χ4v) is 5.45. The highest BCUT2D eigenvalue weighted by atomic mass is 32.2. The Hall–Kier alpha value is -3.90. The Morgan fingerprint density at radius 1 is 1.08 bits per heavy atom. The van der Waals surface area contributed by atoms with Crippen LogP contribution in [0, 0.1) is 6.92 Å². The smallest absolute Gasteiger partial charge is 0.342 e. The zero-order valence-corrected chi connectivity index (χ0v) is 21.5. The number of sulfonamides is 1. The largest absolute Gasteiger partial charge is 0.462 e. The van der Waals surface area contributed by atoms with Crippen molar-refractivity contribution in [3.8, 4) is 0 Å². The van der Waals surface area contributed by atoms with Crippen LogP contribution in [0.25, 0.3) is 11.0 Å². The van der Waals surface area contributed by atoms with E-state index in [2.05, 4.69) is 5.32 Å². The fraction of sp³-hybridized carbons (Fsp3) is 0.320. The number of furan rings is 1. The molecule has 1 saturated heterocycles. The lowest BCUT2D eigenvalue weighted by Gasteiger charge is -2.32. The number of benzene rings is 2. The molecule has 0 aliphatic carbocycles. The van der Waals surface area contributed by atoms with Crippen LogP contribution in [0.1, 0.15) is 30.0 Å². The minimum atomic E-state index is -4.41. The average molecular weight is 530 g/mol.